The normalized spacial score (nSPS) is 43.6. The lowest BCUT2D eigenvalue weighted by atomic mass is 9.70. The van der Waals surface area contributed by atoms with E-state index in [1.165, 1.54) is 19.3 Å². The van der Waals surface area contributed by atoms with Crippen molar-refractivity contribution < 1.29 is 4.74 Å². The number of ether oxygens (including phenoxy) is 1. The largest absolute Gasteiger partial charge is 0.373 e. The lowest BCUT2D eigenvalue weighted by Gasteiger charge is -2.49. The summed E-state index contributed by atoms with van der Waals surface area (Å²) in [6.07, 6.45) is 4.52. The van der Waals surface area contributed by atoms with Crippen LogP contribution in [0.4, 0.5) is 0 Å². The van der Waals surface area contributed by atoms with Crippen LogP contribution in [0, 0.1) is 5.41 Å². The predicted molar refractivity (Wildman–Crippen MR) is 71.0 cm³/mol. The summed E-state index contributed by atoms with van der Waals surface area (Å²) in [5.74, 6) is 0. The molecule has 0 aromatic heterocycles. The van der Waals surface area contributed by atoms with E-state index in [0.29, 0.717) is 24.3 Å². The van der Waals surface area contributed by atoms with Crippen molar-refractivity contribution in [3.63, 3.8) is 0 Å². The second kappa shape index (κ2) is 4.87. The molecule has 0 bridgehead atoms. The van der Waals surface area contributed by atoms with Gasteiger partial charge in [-0.2, -0.15) is 0 Å². The van der Waals surface area contributed by atoms with Gasteiger partial charge in [-0.3, -0.25) is 4.90 Å². The van der Waals surface area contributed by atoms with Crippen LogP contribution < -0.4 is 5.73 Å². The quantitative estimate of drug-likeness (QED) is 0.762. The molecule has 3 heteroatoms. The van der Waals surface area contributed by atoms with E-state index in [0.717, 1.165) is 13.1 Å². The molecular weight excluding hydrogens is 212 g/mol. The van der Waals surface area contributed by atoms with Crippen molar-refractivity contribution in [2.45, 2.75) is 71.2 Å². The summed E-state index contributed by atoms with van der Waals surface area (Å²) in [7, 11) is 0. The Bertz CT molecular complexity index is 257. The van der Waals surface area contributed by atoms with E-state index >= 15 is 0 Å². The Hall–Kier alpha value is -0.120. The Kier molecular flexibility index (Phi) is 3.81. The van der Waals surface area contributed by atoms with E-state index < -0.39 is 0 Å². The fourth-order valence-electron chi connectivity index (χ4n) is 3.53. The monoisotopic (exact) mass is 240 g/mol. The van der Waals surface area contributed by atoms with Crippen molar-refractivity contribution in [2.24, 2.45) is 11.1 Å². The molecule has 2 fully saturated rings. The molecule has 0 aromatic carbocycles. The summed E-state index contributed by atoms with van der Waals surface area (Å²) in [6.45, 7) is 11.1. The van der Waals surface area contributed by atoms with Gasteiger partial charge in [-0.1, -0.05) is 20.3 Å². The van der Waals surface area contributed by atoms with E-state index in [4.69, 9.17) is 10.5 Å². The summed E-state index contributed by atoms with van der Waals surface area (Å²) >= 11 is 0. The van der Waals surface area contributed by atoms with Gasteiger partial charge in [0.25, 0.3) is 0 Å². The topological polar surface area (TPSA) is 38.5 Å². The minimum atomic E-state index is 0.285. The van der Waals surface area contributed by atoms with Crippen LogP contribution in [0.2, 0.25) is 0 Å². The highest BCUT2D eigenvalue weighted by molar-refractivity contribution is 4.97. The lowest BCUT2D eigenvalue weighted by molar-refractivity contribution is -0.0929. The summed E-state index contributed by atoms with van der Waals surface area (Å²) < 4.78 is 5.81. The second-order valence-electron chi connectivity index (χ2n) is 6.69. The molecule has 1 aliphatic carbocycles. The van der Waals surface area contributed by atoms with E-state index in [2.05, 4.69) is 32.6 Å². The highest BCUT2D eigenvalue weighted by atomic mass is 16.5. The summed E-state index contributed by atoms with van der Waals surface area (Å²) in [4.78, 5) is 2.57. The molecule has 0 amide bonds. The number of morpholine rings is 1. The minimum Gasteiger partial charge on any atom is -0.373 e. The molecule has 1 saturated heterocycles. The van der Waals surface area contributed by atoms with Crippen molar-refractivity contribution in [1.82, 2.24) is 4.90 Å². The van der Waals surface area contributed by atoms with Gasteiger partial charge in [0.2, 0.25) is 0 Å². The van der Waals surface area contributed by atoms with Crippen molar-refractivity contribution in [3.05, 3.63) is 0 Å². The molecule has 1 aliphatic heterocycles. The highest BCUT2D eigenvalue weighted by Crippen LogP contribution is 2.37. The summed E-state index contributed by atoms with van der Waals surface area (Å²) in [6, 6.07) is 0.848. The van der Waals surface area contributed by atoms with Crippen LogP contribution in [0.5, 0.6) is 0 Å². The zero-order valence-electron chi connectivity index (χ0n) is 11.8. The molecule has 1 saturated carbocycles. The number of nitrogens with two attached hydrogens (primary N) is 1. The maximum atomic E-state index is 6.50. The number of rotatable bonds is 1. The van der Waals surface area contributed by atoms with Gasteiger partial charge in [0.1, 0.15) is 0 Å². The van der Waals surface area contributed by atoms with Crippen LogP contribution in [0.3, 0.4) is 0 Å². The Morgan fingerprint density at radius 3 is 2.35 bits per heavy atom. The van der Waals surface area contributed by atoms with Gasteiger partial charge in [-0.05, 0) is 32.1 Å². The van der Waals surface area contributed by atoms with Gasteiger partial charge in [-0.25, -0.2) is 0 Å². The van der Waals surface area contributed by atoms with E-state index in [1.807, 2.05) is 0 Å². The van der Waals surface area contributed by atoms with Gasteiger partial charge in [0, 0.05) is 25.2 Å². The zero-order chi connectivity index (χ0) is 12.6. The third kappa shape index (κ3) is 2.83. The van der Waals surface area contributed by atoms with Crippen molar-refractivity contribution >= 4 is 0 Å². The average Bonchev–Trinajstić information content (AvgIpc) is 2.20. The van der Waals surface area contributed by atoms with Gasteiger partial charge in [-0.15, -0.1) is 0 Å². The Labute approximate surface area is 106 Å². The second-order valence-corrected chi connectivity index (χ2v) is 6.69. The molecule has 2 aliphatic rings. The maximum Gasteiger partial charge on any atom is 0.0678 e. The van der Waals surface area contributed by atoms with Gasteiger partial charge in [0.05, 0.1) is 12.2 Å². The van der Waals surface area contributed by atoms with Crippen LogP contribution in [-0.2, 0) is 4.74 Å². The number of hydrogen-bond donors (Lipinski definition) is 1. The van der Waals surface area contributed by atoms with Crippen molar-refractivity contribution in [2.75, 3.05) is 13.1 Å². The molecule has 2 rings (SSSR count). The first-order valence-corrected chi connectivity index (χ1v) is 7.05. The van der Waals surface area contributed by atoms with E-state index in [1.54, 1.807) is 0 Å². The molecule has 3 nitrogen and oxygen atoms in total. The minimum absolute atomic E-state index is 0.285. The Morgan fingerprint density at radius 1 is 1.18 bits per heavy atom. The molecule has 1 heterocycles. The van der Waals surface area contributed by atoms with Crippen LogP contribution >= 0.6 is 0 Å². The molecule has 17 heavy (non-hydrogen) atoms. The maximum absolute atomic E-state index is 6.50. The van der Waals surface area contributed by atoms with E-state index in [-0.39, 0.29) is 5.41 Å². The van der Waals surface area contributed by atoms with Crippen LogP contribution in [0.1, 0.15) is 47.0 Å². The van der Waals surface area contributed by atoms with E-state index in [9.17, 15) is 0 Å². The smallest absolute Gasteiger partial charge is 0.0678 e. The van der Waals surface area contributed by atoms with Crippen LogP contribution in [-0.4, -0.2) is 42.3 Å². The van der Waals surface area contributed by atoms with Crippen molar-refractivity contribution in [3.8, 4) is 0 Å². The SMILES string of the molecule is C[C@@H]1CN(C2CCCC(C)(C)C2N)C[C@H](C)O1. The molecule has 0 aromatic rings. The summed E-state index contributed by atoms with van der Waals surface area (Å²) in [5, 5.41) is 0. The van der Waals surface area contributed by atoms with Crippen LogP contribution in [0.15, 0.2) is 0 Å². The molecular formula is C14H28N2O. The molecule has 0 spiro atoms. The zero-order valence-corrected chi connectivity index (χ0v) is 11.8. The van der Waals surface area contributed by atoms with Gasteiger partial charge >= 0.3 is 0 Å². The first-order valence-electron chi connectivity index (χ1n) is 7.05. The third-order valence-electron chi connectivity index (χ3n) is 4.55. The molecule has 4 atom stereocenters. The standard InChI is InChI=1S/C14H28N2O/c1-10-8-16(9-11(2)17-10)12-6-5-7-14(3,4)13(12)15/h10-13H,5-9,15H2,1-4H3/t10-,11+,12?,13?. The molecule has 0 radical (unpaired) electrons. The average molecular weight is 240 g/mol. The van der Waals surface area contributed by atoms with Gasteiger partial charge < -0.3 is 10.5 Å². The fourth-order valence-corrected chi connectivity index (χ4v) is 3.53. The Morgan fingerprint density at radius 2 is 1.76 bits per heavy atom. The fraction of sp³-hybridized carbons (Fsp3) is 1.00. The molecule has 100 valence electrons. The summed E-state index contributed by atoms with van der Waals surface area (Å²) in [5.41, 5.74) is 6.78. The highest BCUT2D eigenvalue weighted by Gasteiger charge is 2.40. The number of hydrogen-bond acceptors (Lipinski definition) is 3. The lowest BCUT2D eigenvalue weighted by Crippen LogP contribution is -2.61. The van der Waals surface area contributed by atoms with Crippen LogP contribution in [0.25, 0.3) is 0 Å². The first-order chi connectivity index (χ1) is 7.90. The number of nitrogens with zero attached hydrogens (tertiary/aromatic N) is 1. The molecule has 2 N–H and O–H groups in total. The van der Waals surface area contributed by atoms with Gasteiger partial charge in [0.15, 0.2) is 0 Å². The predicted octanol–water partition coefficient (Wildman–Crippen LogP) is 2.00. The molecule has 2 unspecified atom stereocenters. The Balaban J connectivity index is 2.05. The van der Waals surface area contributed by atoms with Crippen molar-refractivity contribution in [1.29, 1.82) is 0 Å². The first kappa shape index (κ1) is 13.3. The third-order valence-corrected chi connectivity index (χ3v) is 4.55.